The highest BCUT2D eigenvalue weighted by molar-refractivity contribution is 7.99. The van der Waals surface area contributed by atoms with Gasteiger partial charge in [-0.25, -0.2) is 4.98 Å². The highest BCUT2D eigenvalue weighted by atomic mass is 35.5. The van der Waals surface area contributed by atoms with Gasteiger partial charge in [-0.3, -0.25) is 0 Å². The smallest absolute Gasteiger partial charge is 0.260 e. The molecule has 3 nitrogen and oxygen atoms in total. The Hall–Kier alpha value is -1.13. The molecule has 0 unspecified atom stereocenters. The number of aryl methyl sites for hydroxylation is 1. The highest BCUT2D eigenvalue weighted by Crippen LogP contribution is 2.36. The third-order valence-corrected chi connectivity index (χ3v) is 3.23. The zero-order valence-corrected chi connectivity index (χ0v) is 9.60. The second-order valence-electron chi connectivity index (χ2n) is 3.02. The van der Waals surface area contributed by atoms with Crippen molar-refractivity contribution in [1.29, 1.82) is 0 Å². The average Bonchev–Trinajstić information content (AvgIpc) is 2.58. The summed E-state index contributed by atoms with van der Waals surface area (Å²) in [6, 6.07) is 5.39. The van der Waals surface area contributed by atoms with Gasteiger partial charge in [0.15, 0.2) is 0 Å². The Bertz CT molecular complexity index is 464. The molecule has 1 heterocycles. The van der Waals surface area contributed by atoms with Gasteiger partial charge in [0.1, 0.15) is 6.26 Å². The number of halogens is 1. The molecular weight excluding hydrogens is 232 g/mol. The molecule has 0 saturated carbocycles. The molecule has 2 rings (SSSR count). The van der Waals surface area contributed by atoms with Crippen LogP contribution in [0.4, 0.5) is 5.69 Å². The van der Waals surface area contributed by atoms with Crippen LogP contribution in [0.25, 0.3) is 0 Å². The molecule has 2 N–H and O–H groups in total. The van der Waals surface area contributed by atoms with Crippen LogP contribution in [-0.4, -0.2) is 4.98 Å². The molecular formula is C10H9ClN2OS. The first-order valence-electron chi connectivity index (χ1n) is 4.31. The van der Waals surface area contributed by atoms with E-state index in [0.717, 1.165) is 10.6 Å². The number of aromatic nitrogens is 1. The SMILES string of the molecule is Cc1coc(Sc2c(N)cccc2Cl)n1. The minimum Gasteiger partial charge on any atom is -0.439 e. The third-order valence-electron chi connectivity index (χ3n) is 1.78. The Labute approximate surface area is 96.6 Å². The summed E-state index contributed by atoms with van der Waals surface area (Å²) in [5.74, 6) is 0. The maximum atomic E-state index is 6.02. The lowest BCUT2D eigenvalue weighted by Crippen LogP contribution is -1.88. The fraction of sp³-hybridized carbons (Fsp3) is 0.100. The van der Waals surface area contributed by atoms with Gasteiger partial charge in [0.2, 0.25) is 0 Å². The fourth-order valence-corrected chi connectivity index (χ4v) is 2.21. The van der Waals surface area contributed by atoms with Crippen LogP contribution in [0.5, 0.6) is 0 Å². The molecule has 0 spiro atoms. The number of rotatable bonds is 2. The molecule has 1 aromatic heterocycles. The van der Waals surface area contributed by atoms with E-state index in [4.69, 9.17) is 21.8 Å². The summed E-state index contributed by atoms with van der Waals surface area (Å²) < 4.78 is 5.22. The third kappa shape index (κ3) is 2.27. The molecule has 78 valence electrons. The Balaban J connectivity index is 2.31. The van der Waals surface area contributed by atoms with Gasteiger partial charge in [-0.2, -0.15) is 0 Å². The Kier molecular flexibility index (Phi) is 2.88. The summed E-state index contributed by atoms with van der Waals surface area (Å²) >= 11 is 7.34. The first-order valence-corrected chi connectivity index (χ1v) is 5.50. The summed E-state index contributed by atoms with van der Waals surface area (Å²) in [6.45, 7) is 1.86. The molecule has 0 bridgehead atoms. The Morgan fingerprint density at radius 3 is 2.87 bits per heavy atom. The monoisotopic (exact) mass is 240 g/mol. The minimum absolute atomic E-state index is 0.548. The number of oxazole rings is 1. The summed E-state index contributed by atoms with van der Waals surface area (Å²) in [6.07, 6.45) is 1.59. The van der Waals surface area contributed by atoms with Gasteiger partial charge in [0.05, 0.1) is 15.6 Å². The van der Waals surface area contributed by atoms with Gasteiger partial charge in [-0.05, 0) is 30.8 Å². The van der Waals surface area contributed by atoms with Crippen LogP contribution >= 0.6 is 23.4 Å². The van der Waals surface area contributed by atoms with Crippen LogP contribution in [0.15, 0.2) is 39.0 Å². The molecule has 0 radical (unpaired) electrons. The molecule has 0 aliphatic heterocycles. The molecule has 5 heteroatoms. The topological polar surface area (TPSA) is 52.0 Å². The van der Waals surface area contributed by atoms with Crippen molar-refractivity contribution in [1.82, 2.24) is 4.98 Å². The predicted octanol–water partition coefficient (Wildman–Crippen LogP) is 3.37. The fourth-order valence-electron chi connectivity index (χ4n) is 1.10. The van der Waals surface area contributed by atoms with Crippen molar-refractivity contribution in [3.8, 4) is 0 Å². The van der Waals surface area contributed by atoms with Crippen LogP contribution in [0.2, 0.25) is 5.02 Å². The number of benzene rings is 1. The summed E-state index contributed by atoms with van der Waals surface area (Å²) in [7, 11) is 0. The van der Waals surface area contributed by atoms with Gasteiger partial charge in [0.25, 0.3) is 5.22 Å². The van der Waals surface area contributed by atoms with Crippen molar-refractivity contribution in [2.24, 2.45) is 0 Å². The summed E-state index contributed by atoms with van der Waals surface area (Å²) in [5.41, 5.74) is 7.27. The standard InChI is InChI=1S/C10H9ClN2OS/c1-6-5-14-10(13-6)15-9-7(11)3-2-4-8(9)12/h2-5H,12H2,1H3. The molecule has 2 aromatic rings. The first kappa shape index (κ1) is 10.4. The lowest BCUT2D eigenvalue weighted by Gasteiger charge is -2.03. The van der Waals surface area contributed by atoms with Gasteiger partial charge in [0, 0.05) is 5.69 Å². The quantitative estimate of drug-likeness (QED) is 0.818. The molecule has 0 aliphatic carbocycles. The average molecular weight is 241 g/mol. The predicted molar refractivity (Wildman–Crippen MR) is 61.2 cm³/mol. The van der Waals surface area contributed by atoms with E-state index in [1.165, 1.54) is 11.8 Å². The Morgan fingerprint density at radius 2 is 2.27 bits per heavy atom. The molecule has 0 aliphatic rings. The van der Waals surface area contributed by atoms with Gasteiger partial charge >= 0.3 is 0 Å². The van der Waals surface area contributed by atoms with Crippen LogP contribution in [-0.2, 0) is 0 Å². The molecule has 0 saturated heterocycles. The lowest BCUT2D eigenvalue weighted by atomic mass is 10.3. The van der Waals surface area contributed by atoms with E-state index in [1.807, 2.05) is 13.0 Å². The summed E-state index contributed by atoms with van der Waals surface area (Å²) in [5, 5.41) is 1.16. The van der Waals surface area contributed by atoms with Crippen LogP contribution in [0.1, 0.15) is 5.69 Å². The summed E-state index contributed by atoms with van der Waals surface area (Å²) in [4.78, 5) is 4.95. The first-order chi connectivity index (χ1) is 7.16. The van der Waals surface area contributed by atoms with Crippen molar-refractivity contribution in [2.45, 2.75) is 17.0 Å². The normalized spacial score (nSPS) is 10.5. The highest BCUT2D eigenvalue weighted by Gasteiger charge is 2.10. The number of nitrogen functional groups attached to an aromatic ring is 1. The molecule has 1 aromatic carbocycles. The van der Waals surface area contributed by atoms with Crippen LogP contribution in [0, 0.1) is 6.92 Å². The van der Waals surface area contributed by atoms with Crippen molar-refractivity contribution >= 4 is 29.1 Å². The zero-order valence-electron chi connectivity index (χ0n) is 8.03. The zero-order chi connectivity index (χ0) is 10.8. The maximum absolute atomic E-state index is 6.02. The van der Waals surface area contributed by atoms with Crippen molar-refractivity contribution in [2.75, 3.05) is 5.73 Å². The lowest BCUT2D eigenvalue weighted by molar-refractivity contribution is 0.454. The maximum Gasteiger partial charge on any atom is 0.260 e. The number of hydrogen-bond donors (Lipinski definition) is 1. The Morgan fingerprint density at radius 1 is 1.47 bits per heavy atom. The number of hydrogen-bond acceptors (Lipinski definition) is 4. The number of nitrogens with zero attached hydrogens (tertiary/aromatic N) is 1. The van der Waals surface area contributed by atoms with E-state index in [9.17, 15) is 0 Å². The molecule has 15 heavy (non-hydrogen) atoms. The number of anilines is 1. The molecule has 0 fully saturated rings. The van der Waals surface area contributed by atoms with E-state index in [2.05, 4.69) is 4.98 Å². The van der Waals surface area contributed by atoms with E-state index in [-0.39, 0.29) is 0 Å². The van der Waals surface area contributed by atoms with E-state index in [1.54, 1.807) is 18.4 Å². The van der Waals surface area contributed by atoms with Crippen molar-refractivity contribution in [3.63, 3.8) is 0 Å². The van der Waals surface area contributed by atoms with E-state index in [0.29, 0.717) is 15.9 Å². The van der Waals surface area contributed by atoms with Gasteiger partial charge in [-0.15, -0.1) is 0 Å². The van der Waals surface area contributed by atoms with E-state index < -0.39 is 0 Å². The van der Waals surface area contributed by atoms with Crippen LogP contribution < -0.4 is 5.73 Å². The minimum atomic E-state index is 0.548. The van der Waals surface area contributed by atoms with E-state index >= 15 is 0 Å². The van der Waals surface area contributed by atoms with Gasteiger partial charge in [-0.1, -0.05) is 17.7 Å². The van der Waals surface area contributed by atoms with Crippen molar-refractivity contribution in [3.05, 3.63) is 35.2 Å². The number of nitrogens with two attached hydrogens (primary N) is 1. The second-order valence-corrected chi connectivity index (χ2v) is 4.38. The largest absolute Gasteiger partial charge is 0.439 e. The van der Waals surface area contributed by atoms with Crippen molar-refractivity contribution < 1.29 is 4.42 Å². The van der Waals surface area contributed by atoms with Crippen LogP contribution in [0.3, 0.4) is 0 Å². The molecule has 0 atom stereocenters. The molecule has 0 amide bonds. The second kappa shape index (κ2) is 4.16. The van der Waals surface area contributed by atoms with Gasteiger partial charge < -0.3 is 10.2 Å².